The molecule has 0 radical (unpaired) electrons. The summed E-state index contributed by atoms with van der Waals surface area (Å²) in [5.74, 6) is 2.86. The normalized spacial score (nSPS) is 18.0. The van der Waals surface area contributed by atoms with Gasteiger partial charge in [-0.1, -0.05) is 20.8 Å². The van der Waals surface area contributed by atoms with E-state index in [0.717, 1.165) is 41.6 Å². The van der Waals surface area contributed by atoms with E-state index in [1.165, 1.54) is 25.7 Å². The molecule has 2 aliphatic rings. The zero-order chi connectivity index (χ0) is 18.6. The van der Waals surface area contributed by atoms with Gasteiger partial charge in [-0.15, -0.1) is 5.10 Å². The van der Waals surface area contributed by atoms with Crippen LogP contribution in [0, 0.1) is 0 Å². The Morgan fingerprint density at radius 3 is 2.59 bits per heavy atom. The summed E-state index contributed by atoms with van der Waals surface area (Å²) in [6, 6.07) is 2.61. The number of tetrazole rings is 1. The number of hydrogen-bond donors (Lipinski definition) is 0. The molecular formula is C19H26N8. The molecule has 4 heterocycles. The smallest absolute Gasteiger partial charge is 0.171 e. The fraction of sp³-hybridized carbons (Fsp3) is 0.632. The lowest BCUT2D eigenvalue weighted by Gasteiger charge is -2.22. The SMILES string of the molecule is CC(C)(C)c1nc(N2CCCC2)c2ccn(Cc3nnnn3C3CC3)c2n1. The minimum absolute atomic E-state index is 0.104. The van der Waals surface area contributed by atoms with Gasteiger partial charge in [0.05, 0.1) is 18.0 Å². The molecule has 0 atom stereocenters. The fourth-order valence-electron chi connectivity index (χ4n) is 3.75. The van der Waals surface area contributed by atoms with Crippen molar-refractivity contribution in [2.45, 2.75) is 64.5 Å². The van der Waals surface area contributed by atoms with Crippen LogP contribution in [0.4, 0.5) is 5.82 Å². The highest BCUT2D eigenvalue weighted by Gasteiger charge is 2.29. The Balaban J connectivity index is 1.60. The minimum Gasteiger partial charge on any atom is -0.356 e. The summed E-state index contributed by atoms with van der Waals surface area (Å²) < 4.78 is 4.13. The molecule has 0 unspecified atom stereocenters. The van der Waals surface area contributed by atoms with Crippen molar-refractivity contribution in [3.63, 3.8) is 0 Å². The van der Waals surface area contributed by atoms with Crippen LogP contribution in [-0.2, 0) is 12.0 Å². The molecule has 2 fully saturated rings. The molecular weight excluding hydrogens is 340 g/mol. The third-order valence-electron chi connectivity index (χ3n) is 5.44. The Morgan fingerprint density at radius 1 is 1.11 bits per heavy atom. The molecule has 1 aliphatic heterocycles. The highest BCUT2D eigenvalue weighted by Crippen LogP contribution is 2.35. The first kappa shape index (κ1) is 16.6. The predicted molar refractivity (Wildman–Crippen MR) is 103 cm³/mol. The van der Waals surface area contributed by atoms with Crippen LogP contribution in [0.3, 0.4) is 0 Å². The van der Waals surface area contributed by atoms with Crippen molar-refractivity contribution in [1.29, 1.82) is 0 Å². The quantitative estimate of drug-likeness (QED) is 0.706. The first-order chi connectivity index (χ1) is 13.0. The van der Waals surface area contributed by atoms with Crippen molar-refractivity contribution >= 4 is 16.9 Å². The van der Waals surface area contributed by atoms with Gasteiger partial charge in [-0.05, 0) is 42.2 Å². The summed E-state index contributed by atoms with van der Waals surface area (Å²) in [6.45, 7) is 9.28. The van der Waals surface area contributed by atoms with E-state index in [2.05, 4.69) is 58.0 Å². The number of fused-ring (bicyclic) bond motifs is 1. The van der Waals surface area contributed by atoms with Crippen LogP contribution in [0.1, 0.15) is 64.1 Å². The maximum absolute atomic E-state index is 4.98. The van der Waals surface area contributed by atoms with Crippen molar-refractivity contribution in [3.8, 4) is 0 Å². The van der Waals surface area contributed by atoms with Gasteiger partial charge in [0.25, 0.3) is 0 Å². The van der Waals surface area contributed by atoms with Crippen LogP contribution >= 0.6 is 0 Å². The molecule has 3 aromatic heterocycles. The van der Waals surface area contributed by atoms with Crippen molar-refractivity contribution in [1.82, 2.24) is 34.7 Å². The summed E-state index contributed by atoms with van der Waals surface area (Å²) in [7, 11) is 0. The molecule has 8 nitrogen and oxygen atoms in total. The predicted octanol–water partition coefficient (Wildman–Crippen LogP) is 2.70. The minimum atomic E-state index is -0.104. The third kappa shape index (κ3) is 2.96. The molecule has 0 amide bonds. The zero-order valence-electron chi connectivity index (χ0n) is 16.3. The Morgan fingerprint density at radius 2 is 1.89 bits per heavy atom. The van der Waals surface area contributed by atoms with Crippen molar-refractivity contribution < 1.29 is 0 Å². The van der Waals surface area contributed by atoms with Gasteiger partial charge in [0.15, 0.2) is 5.82 Å². The van der Waals surface area contributed by atoms with Gasteiger partial charge in [0.2, 0.25) is 0 Å². The number of hydrogen-bond acceptors (Lipinski definition) is 6. The van der Waals surface area contributed by atoms with Gasteiger partial charge in [0.1, 0.15) is 17.3 Å². The zero-order valence-corrected chi connectivity index (χ0v) is 16.3. The second-order valence-corrected chi connectivity index (χ2v) is 8.77. The number of rotatable bonds is 4. The number of aromatic nitrogens is 7. The molecule has 142 valence electrons. The molecule has 1 saturated carbocycles. The van der Waals surface area contributed by atoms with Gasteiger partial charge >= 0.3 is 0 Å². The maximum Gasteiger partial charge on any atom is 0.171 e. The third-order valence-corrected chi connectivity index (χ3v) is 5.44. The summed E-state index contributed by atoms with van der Waals surface area (Å²) in [4.78, 5) is 12.3. The second kappa shape index (κ2) is 6.00. The average molecular weight is 366 g/mol. The van der Waals surface area contributed by atoms with Crippen LogP contribution in [-0.4, -0.2) is 47.8 Å². The molecule has 27 heavy (non-hydrogen) atoms. The Labute approximate surface area is 158 Å². The van der Waals surface area contributed by atoms with Gasteiger partial charge in [0, 0.05) is 24.7 Å². The molecule has 0 aromatic carbocycles. The summed E-state index contributed by atoms with van der Waals surface area (Å²) >= 11 is 0. The molecule has 3 aromatic rings. The molecule has 5 rings (SSSR count). The lowest BCUT2D eigenvalue weighted by molar-refractivity contribution is 0.544. The van der Waals surface area contributed by atoms with E-state index in [4.69, 9.17) is 9.97 Å². The van der Waals surface area contributed by atoms with Gasteiger partial charge in [-0.2, -0.15) is 0 Å². The average Bonchev–Trinajstić information content (AvgIpc) is 3.04. The molecule has 1 aliphatic carbocycles. The topological polar surface area (TPSA) is 77.5 Å². The van der Waals surface area contributed by atoms with E-state index in [1.54, 1.807) is 0 Å². The summed E-state index contributed by atoms with van der Waals surface area (Å²) in [6.07, 6.45) is 6.89. The van der Waals surface area contributed by atoms with E-state index in [0.29, 0.717) is 12.6 Å². The van der Waals surface area contributed by atoms with E-state index in [-0.39, 0.29) is 5.41 Å². The van der Waals surface area contributed by atoms with Gasteiger partial charge in [-0.3, -0.25) is 0 Å². The molecule has 8 heteroatoms. The Hall–Kier alpha value is -2.51. The maximum atomic E-state index is 4.98. The van der Waals surface area contributed by atoms with Crippen molar-refractivity contribution in [3.05, 3.63) is 23.9 Å². The van der Waals surface area contributed by atoms with E-state index < -0.39 is 0 Å². The van der Waals surface area contributed by atoms with Gasteiger partial charge < -0.3 is 9.47 Å². The standard InChI is InChI=1S/C19H26N8/c1-19(2,3)18-20-16(25-9-4-5-10-25)14-8-11-26(17(14)21-18)12-15-22-23-24-27(15)13-6-7-13/h8,11,13H,4-7,9-10,12H2,1-3H3. The lowest BCUT2D eigenvalue weighted by Crippen LogP contribution is -2.23. The van der Waals surface area contributed by atoms with Crippen LogP contribution < -0.4 is 4.90 Å². The van der Waals surface area contributed by atoms with E-state index in [1.807, 2.05) is 4.68 Å². The largest absolute Gasteiger partial charge is 0.356 e. The van der Waals surface area contributed by atoms with Crippen LogP contribution in [0.15, 0.2) is 12.3 Å². The Bertz CT molecular complexity index is 969. The van der Waals surface area contributed by atoms with Crippen LogP contribution in [0.2, 0.25) is 0 Å². The summed E-state index contributed by atoms with van der Waals surface area (Å²) in [5.41, 5.74) is 0.870. The fourth-order valence-corrected chi connectivity index (χ4v) is 3.75. The lowest BCUT2D eigenvalue weighted by atomic mass is 9.95. The molecule has 0 N–H and O–H groups in total. The molecule has 0 bridgehead atoms. The van der Waals surface area contributed by atoms with Crippen LogP contribution in [0.25, 0.3) is 11.0 Å². The highest BCUT2D eigenvalue weighted by atomic mass is 15.6. The van der Waals surface area contributed by atoms with E-state index in [9.17, 15) is 0 Å². The van der Waals surface area contributed by atoms with E-state index >= 15 is 0 Å². The van der Waals surface area contributed by atoms with Crippen molar-refractivity contribution in [2.75, 3.05) is 18.0 Å². The molecule has 0 spiro atoms. The number of nitrogens with zero attached hydrogens (tertiary/aromatic N) is 8. The first-order valence-corrected chi connectivity index (χ1v) is 9.90. The first-order valence-electron chi connectivity index (χ1n) is 9.90. The number of anilines is 1. The Kier molecular flexibility index (Phi) is 3.70. The van der Waals surface area contributed by atoms with Crippen molar-refractivity contribution in [2.24, 2.45) is 0 Å². The monoisotopic (exact) mass is 366 g/mol. The highest BCUT2D eigenvalue weighted by molar-refractivity contribution is 5.88. The summed E-state index contributed by atoms with van der Waals surface area (Å²) in [5, 5.41) is 13.4. The molecule has 1 saturated heterocycles. The van der Waals surface area contributed by atoms with Crippen LogP contribution in [0.5, 0.6) is 0 Å². The van der Waals surface area contributed by atoms with Gasteiger partial charge in [-0.25, -0.2) is 14.6 Å². The second-order valence-electron chi connectivity index (χ2n) is 8.77.